The van der Waals surface area contributed by atoms with E-state index in [2.05, 4.69) is 15.7 Å². The molecular weight excluding hydrogens is 370 g/mol. The van der Waals surface area contributed by atoms with Gasteiger partial charge in [0.1, 0.15) is 4.21 Å². The maximum atomic E-state index is 12.8. The SMILES string of the molecule is COCCN1CC[C@@H](CNS(=O)(=O)c2sc3ccc(C#N)cc3c2C)C1. The molecule has 1 aliphatic heterocycles. The molecule has 0 unspecified atom stereocenters. The summed E-state index contributed by atoms with van der Waals surface area (Å²) in [5, 5.41) is 9.88. The molecule has 26 heavy (non-hydrogen) atoms. The van der Waals surface area contributed by atoms with E-state index in [-0.39, 0.29) is 0 Å². The zero-order valence-electron chi connectivity index (χ0n) is 15.0. The summed E-state index contributed by atoms with van der Waals surface area (Å²) in [5.74, 6) is 0.321. The van der Waals surface area contributed by atoms with E-state index < -0.39 is 10.0 Å². The van der Waals surface area contributed by atoms with Crippen molar-refractivity contribution in [3.8, 4) is 6.07 Å². The molecule has 0 saturated carbocycles. The van der Waals surface area contributed by atoms with Gasteiger partial charge in [-0.1, -0.05) is 0 Å². The fourth-order valence-corrected chi connectivity index (χ4v) is 6.23. The Labute approximate surface area is 158 Å². The number of nitrogens with one attached hydrogen (secondary N) is 1. The van der Waals surface area contributed by atoms with Crippen LogP contribution < -0.4 is 4.72 Å². The number of methoxy groups -OCH3 is 1. The molecule has 1 atom stereocenters. The summed E-state index contributed by atoms with van der Waals surface area (Å²) in [6.07, 6.45) is 0.989. The lowest BCUT2D eigenvalue weighted by molar-refractivity contribution is 0.159. The molecule has 3 rings (SSSR count). The first kappa shape index (κ1) is 19.3. The predicted molar refractivity (Wildman–Crippen MR) is 103 cm³/mol. The number of aryl methyl sites for hydroxylation is 1. The number of nitriles is 1. The Kier molecular flexibility index (Phi) is 5.95. The van der Waals surface area contributed by atoms with E-state index in [0.717, 1.165) is 36.1 Å². The zero-order valence-corrected chi connectivity index (χ0v) is 16.6. The molecule has 6 nitrogen and oxygen atoms in total. The first-order valence-electron chi connectivity index (χ1n) is 8.59. The quantitative estimate of drug-likeness (QED) is 0.781. The highest BCUT2D eigenvalue weighted by molar-refractivity contribution is 7.91. The summed E-state index contributed by atoms with van der Waals surface area (Å²) in [7, 11) is -1.86. The summed E-state index contributed by atoms with van der Waals surface area (Å²) in [6, 6.07) is 7.39. The first-order chi connectivity index (χ1) is 12.4. The van der Waals surface area contributed by atoms with Crippen LogP contribution in [0.2, 0.25) is 0 Å². The molecule has 0 spiro atoms. The van der Waals surface area contributed by atoms with Crippen molar-refractivity contribution in [2.45, 2.75) is 17.6 Å². The fourth-order valence-electron chi connectivity index (χ4n) is 3.32. The molecule has 1 saturated heterocycles. The Balaban J connectivity index is 1.70. The second-order valence-electron chi connectivity index (χ2n) is 6.64. The molecule has 0 bridgehead atoms. The van der Waals surface area contributed by atoms with Crippen LogP contribution in [0, 0.1) is 24.2 Å². The van der Waals surface area contributed by atoms with Gasteiger partial charge in [-0.3, -0.25) is 0 Å². The number of likely N-dealkylation sites (tertiary alicyclic amines) is 1. The third kappa shape index (κ3) is 4.08. The maximum absolute atomic E-state index is 12.8. The minimum absolute atomic E-state index is 0.321. The summed E-state index contributed by atoms with van der Waals surface area (Å²) < 4.78 is 34.7. The van der Waals surface area contributed by atoms with Crippen LogP contribution in [0.4, 0.5) is 0 Å². The van der Waals surface area contributed by atoms with E-state index in [1.54, 1.807) is 26.2 Å². The molecule has 1 N–H and O–H groups in total. The van der Waals surface area contributed by atoms with E-state index in [1.165, 1.54) is 11.3 Å². The van der Waals surface area contributed by atoms with Crippen molar-refractivity contribution in [3.63, 3.8) is 0 Å². The summed E-state index contributed by atoms with van der Waals surface area (Å²) in [6.45, 7) is 5.71. The van der Waals surface area contributed by atoms with Gasteiger partial charge in [0.05, 0.1) is 18.2 Å². The van der Waals surface area contributed by atoms with Gasteiger partial charge in [-0.05, 0) is 55.0 Å². The van der Waals surface area contributed by atoms with Crippen LogP contribution in [0.3, 0.4) is 0 Å². The summed E-state index contributed by atoms with van der Waals surface area (Å²) in [5.41, 5.74) is 1.25. The van der Waals surface area contributed by atoms with Gasteiger partial charge in [0, 0.05) is 31.4 Å². The van der Waals surface area contributed by atoms with Crippen molar-refractivity contribution < 1.29 is 13.2 Å². The van der Waals surface area contributed by atoms with E-state index >= 15 is 0 Å². The highest BCUT2D eigenvalue weighted by Crippen LogP contribution is 2.34. The number of sulfonamides is 1. The van der Waals surface area contributed by atoms with Crippen molar-refractivity contribution in [3.05, 3.63) is 29.3 Å². The van der Waals surface area contributed by atoms with Gasteiger partial charge in [-0.25, -0.2) is 13.1 Å². The van der Waals surface area contributed by atoms with Crippen LogP contribution in [0.1, 0.15) is 17.5 Å². The molecule has 1 aliphatic rings. The Morgan fingerprint density at radius 2 is 2.27 bits per heavy atom. The molecule has 0 radical (unpaired) electrons. The van der Waals surface area contributed by atoms with E-state index in [1.807, 2.05) is 6.07 Å². The number of fused-ring (bicyclic) bond motifs is 1. The molecule has 1 aromatic carbocycles. The van der Waals surface area contributed by atoms with Gasteiger partial charge in [-0.15, -0.1) is 11.3 Å². The highest BCUT2D eigenvalue weighted by Gasteiger charge is 2.26. The molecule has 140 valence electrons. The van der Waals surface area contributed by atoms with Crippen LogP contribution in [-0.4, -0.2) is 53.2 Å². The molecule has 0 amide bonds. The largest absolute Gasteiger partial charge is 0.383 e. The average Bonchev–Trinajstić information content (AvgIpc) is 3.23. The maximum Gasteiger partial charge on any atom is 0.250 e. The van der Waals surface area contributed by atoms with Crippen molar-refractivity contribution in [1.82, 2.24) is 9.62 Å². The van der Waals surface area contributed by atoms with Crippen LogP contribution in [0.15, 0.2) is 22.4 Å². The third-order valence-corrected chi connectivity index (χ3v) is 8.13. The van der Waals surface area contributed by atoms with E-state index in [9.17, 15) is 8.42 Å². The number of ether oxygens (including phenoxy) is 1. The van der Waals surface area contributed by atoms with E-state index in [4.69, 9.17) is 10.00 Å². The fraction of sp³-hybridized carbons (Fsp3) is 0.500. The molecular formula is C18H23N3O3S2. The molecule has 1 aromatic heterocycles. The second kappa shape index (κ2) is 8.03. The zero-order chi connectivity index (χ0) is 18.7. The van der Waals surface area contributed by atoms with Gasteiger partial charge < -0.3 is 9.64 Å². The Morgan fingerprint density at radius 3 is 3.00 bits per heavy atom. The van der Waals surface area contributed by atoms with Crippen LogP contribution in [0.5, 0.6) is 0 Å². The first-order valence-corrected chi connectivity index (χ1v) is 10.9. The highest BCUT2D eigenvalue weighted by atomic mass is 32.2. The number of nitrogens with zero attached hydrogens (tertiary/aromatic N) is 2. The van der Waals surface area contributed by atoms with Crippen molar-refractivity contribution in [1.29, 1.82) is 5.26 Å². The Morgan fingerprint density at radius 1 is 1.46 bits per heavy atom. The molecule has 0 aliphatic carbocycles. The normalized spacial score (nSPS) is 18.4. The lowest BCUT2D eigenvalue weighted by Crippen LogP contribution is -2.31. The summed E-state index contributed by atoms with van der Waals surface area (Å²) in [4.78, 5) is 2.30. The lowest BCUT2D eigenvalue weighted by atomic mass is 10.1. The Hall–Kier alpha value is -1.50. The van der Waals surface area contributed by atoms with Gasteiger partial charge in [-0.2, -0.15) is 5.26 Å². The minimum atomic E-state index is -3.55. The van der Waals surface area contributed by atoms with Crippen molar-refractivity contribution >= 4 is 31.4 Å². The summed E-state index contributed by atoms with van der Waals surface area (Å²) >= 11 is 1.26. The number of hydrogen-bond acceptors (Lipinski definition) is 6. The van der Waals surface area contributed by atoms with Gasteiger partial charge in [0.15, 0.2) is 0 Å². The van der Waals surface area contributed by atoms with Gasteiger partial charge >= 0.3 is 0 Å². The van der Waals surface area contributed by atoms with Crippen LogP contribution in [-0.2, 0) is 14.8 Å². The lowest BCUT2D eigenvalue weighted by Gasteiger charge is -2.15. The van der Waals surface area contributed by atoms with Gasteiger partial charge in [0.25, 0.3) is 0 Å². The number of rotatable bonds is 7. The van der Waals surface area contributed by atoms with E-state index in [0.29, 0.717) is 34.4 Å². The van der Waals surface area contributed by atoms with Crippen LogP contribution >= 0.6 is 11.3 Å². The molecule has 2 aromatic rings. The standard InChI is InChI=1S/C18H23N3O3S2/c1-13-16-9-14(10-19)3-4-17(16)25-18(13)26(22,23)20-11-15-5-6-21(12-15)7-8-24-2/h3-4,9,15,20H,5-8,11-12H2,1-2H3/t15-/m0/s1. The predicted octanol–water partition coefficient (Wildman–Crippen LogP) is 2.33. The molecule has 1 fully saturated rings. The van der Waals surface area contributed by atoms with Gasteiger partial charge in [0.2, 0.25) is 10.0 Å². The third-order valence-electron chi connectivity index (χ3n) is 4.81. The average molecular weight is 394 g/mol. The van der Waals surface area contributed by atoms with Crippen molar-refractivity contribution in [2.75, 3.05) is 39.9 Å². The second-order valence-corrected chi connectivity index (χ2v) is 9.65. The van der Waals surface area contributed by atoms with Crippen LogP contribution in [0.25, 0.3) is 10.1 Å². The number of benzene rings is 1. The topological polar surface area (TPSA) is 82.4 Å². The smallest absolute Gasteiger partial charge is 0.250 e. The van der Waals surface area contributed by atoms with Crippen molar-refractivity contribution in [2.24, 2.45) is 5.92 Å². The number of thiophene rings is 1. The molecule has 8 heteroatoms. The number of hydrogen-bond donors (Lipinski definition) is 1. The Bertz CT molecular complexity index is 931. The molecule has 2 heterocycles. The monoisotopic (exact) mass is 393 g/mol. The minimum Gasteiger partial charge on any atom is -0.383 e.